The van der Waals surface area contributed by atoms with Crippen LogP contribution in [0.25, 0.3) is 0 Å². The second-order valence-electron chi connectivity index (χ2n) is 12.9. The van der Waals surface area contributed by atoms with Gasteiger partial charge in [0.25, 0.3) is 0 Å². The Kier molecular flexibility index (Phi) is 32.5. The molecule has 0 bridgehead atoms. The molecule has 0 saturated carbocycles. The predicted octanol–water partition coefficient (Wildman–Crippen LogP) is 12.6. The highest BCUT2D eigenvalue weighted by molar-refractivity contribution is 5.69. The van der Waals surface area contributed by atoms with Crippen molar-refractivity contribution in [1.82, 2.24) is 4.90 Å². The Bertz CT molecular complexity index is 495. The maximum absolute atomic E-state index is 12.2. The number of esters is 1. The first kappa shape index (κ1) is 39.4. The molecule has 240 valence electrons. The van der Waals surface area contributed by atoms with Crippen molar-refractivity contribution in [3.8, 4) is 0 Å². The summed E-state index contributed by atoms with van der Waals surface area (Å²) in [5.41, 5.74) is 0. The van der Waals surface area contributed by atoms with Crippen LogP contribution in [0, 0.1) is 0 Å². The summed E-state index contributed by atoms with van der Waals surface area (Å²) in [5, 5.41) is 0. The van der Waals surface area contributed by atoms with E-state index in [0.717, 1.165) is 19.4 Å². The first-order valence-corrected chi connectivity index (χ1v) is 18.5. The van der Waals surface area contributed by atoms with Crippen molar-refractivity contribution >= 4 is 5.97 Å². The van der Waals surface area contributed by atoms with E-state index >= 15 is 0 Å². The quantitative estimate of drug-likeness (QED) is 0.0450. The third-order valence-electron chi connectivity index (χ3n) is 8.77. The summed E-state index contributed by atoms with van der Waals surface area (Å²) in [6.07, 6.45) is 40.2. The Morgan fingerprint density at radius 3 is 1.07 bits per heavy atom. The SMILES string of the molecule is CCCCCCCCCCCCCCCCCCN(C)C(C)OC(=O)CCCCCCCCCCCCCCC. The fourth-order valence-electron chi connectivity index (χ4n) is 5.72. The van der Waals surface area contributed by atoms with Crippen molar-refractivity contribution in [3.05, 3.63) is 0 Å². The molecule has 0 N–H and O–H groups in total. The van der Waals surface area contributed by atoms with E-state index in [0.29, 0.717) is 6.42 Å². The van der Waals surface area contributed by atoms with Crippen molar-refractivity contribution in [3.63, 3.8) is 0 Å². The summed E-state index contributed by atoms with van der Waals surface area (Å²) in [4.78, 5) is 14.4. The molecule has 0 amide bonds. The van der Waals surface area contributed by atoms with E-state index in [4.69, 9.17) is 4.74 Å². The van der Waals surface area contributed by atoms with Gasteiger partial charge in [0.2, 0.25) is 0 Å². The minimum Gasteiger partial charge on any atom is -0.447 e. The van der Waals surface area contributed by atoms with Crippen LogP contribution in [0.1, 0.15) is 213 Å². The summed E-state index contributed by atoms with van der Waals surface area (Å²) in [7, 11) is 2.09. The van der Waals surface area contributed by atoms with E-state index in [1.165, 1.54) is 173 Å². The minimum atomic E-state index is -0.106. The molecule has 0 aromatic rings. The van der Waals surface area contributed by atoms with Crippen LogP contribution >= 0.6 is 0 Å². The van der Waals surface area contributed by atoms with Gasteiger partial charge in [-0.15, -0.1) is 0 Å². The summed E-state index contributed by atoms with van der Waals surface area (Å²) in [6, 6.07) is 0. The molecule has 3 nitrogen and oxygen atoms in total. The van der Waals surface area contributed by atoms with Crippen molar-refractivity contribution in [2.75, 3.05) is 13.6 Å². The van der Waals surface area contributed by atoms with Gasteiger partial charge in [-0.2, -0.15) is 0 Å². The highest BCUT2D eigenvalue weighted by atomic mass is 16.6. The van der Waals surface area contributed by atoms with E-state index in [9.17, 15) is 4.79 Å². The number of ether oxygens (including phenoxy) is 1. The van der Waals surface area contributed by atoms with Crippen LogP contribution in [0.15, 0.2) is 0 Å². The fourth-order valence-corrected chi connectivity index (χ4v) is 5.72. The molecule has 40 heavy (non-hydrogen) atoms. The monoisotopic (exact) mass is 566 g/mol. The molecule has 0 aliphatic heterocycles. The molecule has 3 heteroatoms. The zero-order valence-corrected chi connectivity index (χ0v) is 28.3. The third kappa shape index (κ3) is 30.4. The second-order valence-corrected chi connectivity index (χ2v) is 12.9. The molecule has 0 radical (unpaired) electrons. The lowest BCUT2D eigenvalue weighted by Gasteiger charge is -2.24. The number of carbonyl (C=O) groups excluding carboxylic acids is 1. The first-order valence-electron chi connectivity index (χ1n) is 18.5. The van der Waals surface area contributed by atoms with Gasteiger partial charge < -0.3 is 4.74 Å². The van der Waals surface area contributed by atoms with Crippen molar-refractivity contribution in [1.29, 1.82) is 0 Å². The Balaban J connectivity index is 3.40. The Hall–Kier alpha value is -0.570. The van der Waals surface area contributed by atoms with Crippen molar-refractivity contribution < 1.29 is 9.53 Å². The second kappa shape index (κ2) is 32.9. The number of rotatable bonds is 33. The smallest absolute Gasteiger partial charge is 0.307 e. The van der Waals surface area contributed by atoms with Gasteiger partial charge in [-0.25, -0.2) is 0 Å². The van der Waals surface area contributed by atoms with E-state index in [1.807, 2.05) is 6.92 Å². The predicted molar refractivity (Wildman–Crippen MR) is 178 cm³/mol. The van der Waals surface area contributed by atoms with E-state index < -0.39 is 0 Å². The van der Waals surface area contributed by atoms with Gasteiger partial charge >= 0.3 is 5.97 Å². The van der Waals surface area contributed by atoms with Crippen molar-refractivity contribution in [2.45, 2.75) is 220 Å². The average molecular weight is 566 g/mol. The average Bonchev–Trinajstić information content (AvgIpc) is 2.95. The number of hydrogen-bond donors (Lipinski definition) is 0. The van der Waals surface area contributed by atoms with E-state index in [1.54, 1.807) is 0 Å². The van der Waals surface area contributed by atoms with E-state index in [2.05, 4.69) is 25.8 Å². The van der Waals surface area contributed by atoms with Crippen LogP contribution in [-0.4, -0.2) is 30.7 Å². The summed E-state index contributed by atoms with van der Waals surface area (Å²) in [6.45, 7) is 7.62. The van der Waals surface area contributed by atoms with Crippen LogP contribution in [0.2, 0.25) is 0 Å². The standard InChI is InChI=1S/C37H75NO2/c1-5-7-9-11-13-15-17-19-20-21-23-25-27-29-31-33-35-38(4)36(3)40-37(39)34-32-30-28-26-24-22-18-16-14-12-10-8-6-2/h36H,5-35H2,1-4H3. The normalized spacial score (nSPS) is 12.3. The Morgan fingerprint density at radius 2 is 0.750 bits per heavy atom. The summed E-state index contributed by atoms with van der Waals surface area (Å²) >= 11 is 0. The molecular formula is C37H75NO2. The van der Waals surface area contributed by atoms with Gasteiger partial charge in [-0.3, -0.25) is 9.69 Å². The van der Waals surface area contributed by atoms with Crippen LogP contribution in [0.3, 0.4) is 0 Å². The van der Waals surface area contributed by atoms with Crippen LogP contribution in [0.4, 0.5) is 0 Å². The van der Waals surface area contributed by atoms with Crippen LogP contribution < -0.4 is 0 Å². The number of carbonyl (C=O) groups is 1. The highest BCUT2D eigenvalue weighted by Gasteiger charge is 2.13. The molecule has 0 saturated heterocycles. The van der Waals surface area contributed by atoms with E-state index in [-0.39, 0.29) is 12.2 Å². The van der Waals surface area contributed by atoms with Crippen LogP contribution in [-0.2, 0) is 9.53 Å². The summed E-state index contributed by atoms with van der Waals surface area (Å²) in [5.74, 6) is -0.0191. The number of unbranched alkanes of at least 4 members (excludes halogenated alkanes) is 27. The molecule has 0 aliphatic rings. The molecular weight excluding hydrogens is 490 g/mol. The Morgan fingerprint density at radius 1 is 0.475 bits per heavy atom. The van der Waals surface area contributed by atoms with Gasteiger partial charge in [0.05, 0.1) is 0 Å². The lowest BCUT2D eigenvalue weighted by Crippen LogP contribution is -2.34. The largest absolute Gasteiger partial charge is 0.447 e. The van der Waals surface area contributed by atoms with Gasteiger partial charge in [-0.05, 0) is 26.8 Å². The van der Waals surface area contributed by atoms with Gasteiger partial charge in [0, 0.05) is 13.0 Å². The van der Waals surface area contributed by atoms with Gasteiger partial charge in [0.15, 0.2) is 6.23 Å². The molecule has 0 aromatic carbocycles. The lowest BCUT2D eigenvalue weighted by atomic mass is 10.0. The molecule has 0 aliphatic carbocycles. The minimum absolute atomic E-state index is 0.0191. The number of hydrogen-bond acceptors (Lipinski definition) is 3. The molecule has 0 fully saturated rings. The zero-order valence-electron chi connectivity index (χ0n) is 28.3. The zero-order chi connectivity index (χ0) is 29.4. The molecule has 1 atom stereocenters. The topological polar surface area (TPSA) is 29.5 Å². The molecule has 0 heterocycles. The molecule has 1 unspecified atom stereocenters. The lowest BCUT2D eigenvalue weighted by molar-refractivity contribution is -0.156. The fraction of sp³-hybridized carbons (Fsp3) is 0.973. The highest BCUT2D eigenvalue weighted by Crippen LogP contribution is 2.15. The van der Waals surface area contributed by atoms with Crippen molar-refractivity contribution in [2.24, 2.45) is 0 Å². The van der Waals surface area contributed by atoms with Gasteiger partial charge in [0.1, 0.15) is 0 Å². The number of nitrogens with zero attached hydrogens (tertiary/aromatic N) is 1. The van der Waals surface area contributed by atoms with Gasteiger partial charge in [-0.1, -0.05) is 187 Å². The molecule has 0 rings (SSSR count). The molecule has 0 spiro atoms. The van der Waals surface area contributed by atoms with Crippen LogP contribution in [0.5, 0.6) is 0 Å². The summed E-state index contributed by atoms with van der Waals surface area (Å²) < 4.78 is 5.69. The maximum atomic E-state index is 12.2. The molecule has 0 aromatic heterocycles. The third-order valence-corrected chi connectivity index (χ3v) is 8.77. The maximum Gasteiger partial charge on any atom is 0.307 e. The Labute approximate surface area is 253 Å². The first-order chi connectivity index (χ1) is 19.6.